The van der Waals surface area contributed by atoms with E-state index in [0.29, 0.717) is 5.82 Å². The maximum Gasteiger partial charge on any atom is 0.214 e. The van der Waals surface area contributed by atoms with Crippen LogP contribution in [0.4, 0.5) is 10.2 Å². The normalized spacial score (nSPS) is 26.4. The van der Waals surface area contributed by atoms with Crippen molar-refractivity contribution in [2.75, 3.05) is 11.9 Å². The lowest BCUT2D eigenvalue weighted by Crippen LogP contribution is -2.58. The summed E-state index contributed by atoms with van der Waals surface area (Å²) in [5.74, 6) is 0.145. The topological polar surface area (TPSA) is 34.1 Å². The summed E-state index contributed by atoms with van der Waals surface area (Å²) in [5.41, 5.74) is 0.0595. The lowest BCUT2D eigenvalue weighted by Gasteiger charge is -2.51. The van der Waals surface area contributed by atoms with Crippen LogP contribution in [0.1, 0.15) is 27.2 Å². The van der Waals surface area contributed by atoms with Crippen LogP contribution in [0.2, 0.25) is 0 Å². The molecule has 0 aromatic carbocycles. The number of hydrogen-bond acceptors (Lipinski definition) is 3. The number of aromatic nitrogens is 1. The molecule has 3 nitrogen and oxygen atoms in total. The van der Waals surface area contributed by atoms with E-state index in [1.54, 1.807) is 12.1 Å². The predicted octanol–water partition coefficient (Wildman–Crippen LogP) is 2.84. The van der Waals surface area contributed by atoms with E-state index in [1.807, 2.05) is 6.92 Å². The van der Waals surface area contributed by atoms with Crippen molar-refractivity contribution >= 4 is 5.82 Å². The lowest BCUT2D eigenvalue weighted by molar-refractivity contribution is -0.0976. The van der Waals surface area contributed by atoms with E-state index in [0.717, 1.165) is 13.0 Å². The number of ether oxygens (including phenoxy) is 1. The standard InChI is InChI=1S/C13H19FN2O/c1-4-17-10-8-9(13(10,2)3)15-12-7-5-6-11(14)16-12/h5-7,9-10H,4,8H2,1-3H3,(H,15,16). The van der Waals surface area contributed by atoms with Crippen molar-refractivity contribution in [3.05, 3.63) is 24.1 Å². The van der Waals surface area contributed by atoms with Gasteiger partial charge in [0.15, 0.2) is 0 Å². The molecule has 1 saturated carbocycles. The number of nitrogens with zero attached hydrogens (tertiary/aromatic N) is 1. The summed E-state index contributed by atoms with van der Waals surface area (Å²) in [6, 6.07) is 5.08. The Labute approximate surface area is 101 Å². The molecule has 0 saturated heterocycles. The number of rotatable bonds is 4. The zero-order valence-corrected chi connectivity index (χ0v) is 10.5. The number of halogens is 1. The van der Waals surface area contributed by atoms with Gasteiger partial charge in [-0.2, -0.15) is 4.39 Å². The van der Waals surface area contributed by atoms with Crippen LogP contribution in [-0.2, 0) is 4.74 Å². The van der Waals surface area contributed by atoms with Gasteiger partial charge in [-0.05, 0) is 25.5 Å². The molecule has 1 aromatic heterocycles. The number of hydrogen-bond donors (Lipinski definition) is 1. The van der Waals surface area contributed by atoms with Gasteiger partial charge in [0.25, 0.3) is 0 Å². The Morgan fingerprint density at radius 3 is 2.88 bits per heavy atom. The Morgan fingerprint density at radius 2 is 2.29 bits per heavy atom. The van der Waals surface area contributed by atoms with Gasteiger partial charge in [-0.15, -0.1) is 0 Å². The van der Waals surface area contributed by atoms with Gasteiger partial charge in [0.2, 0.25) is 5.95 Å². The first-order chi connectivity index (χ1) is 8.04. The molecule has 0 amide bonds. The number of pyridine rings is 1. The van der Waals surface area contributed by atoms with E-state index < -0.39 is 5.95 Å². The van der Waals surface area contributed by atoms with E-state index in [4.69, 9.17) is 4.74 Å². The summed E-state index contributed by atoms with van der Waals surface area (Å²) in [4.78, 5) is 3.81. The highest BCUT2D eigenvalue weighted by Crippen LogP contribution is 2.44. The van der Waals surface area contributed by atoms with Gasteiger partial charge in [0.1, 0.15) is 5.82 Å². The average molecular weight is 238 g/mol. The first-order valence-corrected chi connectivity index (χ1v) is 6.04. The predicted molar refractivity (Wildman–Crippen MR) is 65.4 cm³/mol. The highest BCUT2D eigenvalue weighted by molar-refractivity contribution is 5.37. The molecule has 2 rings (SSSR count). The van der Waals surface area contributed by atoms with Gasteiger partial charge < -0.3 is 10.1 Å². The molecule has 1 heterocycles. The Hall–Kier alpha value is -1.16. The average Bonchev–Trinajstić information content (AvgIpc) is 2.28. The summed E-state index contributed by atoms with van der Waals surface area (Å²) in [6.45, 7) is 7.06. The fourth-order valence-corrected chi connectivity index (χ4v) is 2.28. The molecule has 1 aliphatic carbocycles. The second-order valence-corrected chi connectivity index (χ2v) is 5.04. The van der Waals surface area contributed by atoms with E-state index in [2.05, 4.69) is 24.1 Å². The fraction of sp³-hybridized carbons (Fsp3) is 0.615. The van der Waals surface area contributed by atoms with E-state index in [-0.39, 0.29) is 17.6 Å². The SMILES string of the molecule is CCOC1CC(Nc2cccc(F)n2)C1(C)C. The van der Waals surface area contributed by atoms with Crippen molar-refractivity contribution in [3.8, 4) is 0 Å². The molecule has 1 fully saturated rings. The van der Waals surface area contributed by atoms with Gasteiger partial charge in [-0.1, -0.05) is 19.9 Å². The first-order valence-electron chi connectivity index (χ1n) is 6.04. The van der Waals surface area contributed by atoms with Crippen molar-refractivity contribution in [2.24, 2.45) is 5.41 Å². The molecule has 1 N–H and O–H groups in total. The molecule has 2 atom stereocenters. The van der Waals surface area contributed by atoms with Gasteiger partial charge in [-0.3, -0.25) is 0 Å². The summed E-state index contributed by atoms with van der Waals surface area (Å²) in [6.07, 6.45) is 1.22. The third-order valence-corrected chi connectivity index (χ3v) is 3.58. The van der Waals surface area contributed by atoms with Crippen LogP contribution >= 0.6 is 0 Å². The van der Waals surface area contributed by atoms with Crippen molar-refractivity contribution in [1.82, 2.24) is 4.98 Å². The van der Waals surface area contributed by atoms with Gasteiger partial charge >= 0.3 is 0 Å². The zero-order valence-electron chi connectivity index (χ0n) is 10.5. The first kappa shape index (κ1) is 12.3. The fourth-order valence-electron chi connectivity index (χ4n) is 2.28. The van der Waals surface area contributed by atoms with E-state index >= 15 is 0 Å². The summed E-state index contributed by atoms with van der Waals surface area (Å²) < 4.78 is 18.6. The van der Waals surface area contributed by atoms with Gasteiger partial charge in [0, 0.05) is 18.1 Å². The summed E-state index contributed by atoms with van der Waals surface area (Å²) in [5, 5.41) is 3.27. The Kier molecular flexibility index (Phi) is 3.33. The Bertz CT molecular complexity index is 395. The van der Waals surface area contributed by atoms with Crippen LogP contribution in [0.5, 0.6) is 0 Å². The second-order valence-electron chi connectivity index (χ2n) is 5.04. The van der Waals surface area contributed by atoms with Crippen LogP contribution in [0.25, 0.3) is 0 Å². The number of anilines is 1. The van der Waals surface area contributed by atoms with Crippen molar-refractivity contribution in [2.45, 2.75) is 39.3 Å². The summed E-state index contributed by atoms with van der Waals surface area (Å²) >= 11 is 0. The minimum atomic E-state index is -0.450. The monoisotopic (exact) mass is 238 g/mol. The van der Waals surface area contributed by atoms with Crippen LogP contribution in [0.3, 0.4) is 0 Å². The van der Waals surface area contributed by atoms with Crippen LogP contribution in [0.15, 0.2) is 18.2 Å². The van der Waals surface area contributed by atoms with Gasteiger partial charge in [0.05, 0.1) is 6.10 Å². The minimum Gasteiger partial charge on any atom is -0.378 e. The molecule has 94 valence electrons. The zero-order chi connectivity index (χ0) is 12.5. The molecule has 0 aliphatic heterocycles. The Morgan fingerprint density at radius 1 is 1.53 bits per heavy atom. The molecule has 0 spiro atoms. The molecule has 4 heteroatoms. The molecular formula is C13H19FN2O. The maximum atomic E-state index is 13.0. The second kappa shape index (κ2) is 4.61. The molecular weight excluding hydrogens is 219 g/mol. The summed E-state index contributed by atoms with van der Waals surface area (Å²) in [7, 11) is 0. The van der Waals surface area contributed by atoms with E-state index in [9.17, 15) is 4.39 Å². The minimum absolute atomic E-state index is 0.0595. The Balaban J connectivity index is 1.98. The molecule has 0 bridgehead atoms. The van der Waals surface area contributed by atoms with Gasteiger partial charge in [-0.25, -0.2) is 4.98 Å². The highest BCUT2D eigenvalue weighted by atomic mass is 19.1. The van der Waals surface area contributed by atoms with Crippen LogP contribution in [-0.4, -0.2) is 23.7 Å². The van der Waals surface area contributed by atoms with Crippen molar-refractivity contribution in [3.63, 3.8) is 0 Å². The van der Waals surface area contributed by atoms with Crippen LogP contribution in [0, 0.1) is 11.4 Å². The highest BCUT2D eigenvalue weighted by Gasteiger charge is 2.48. The maximum absolute atomic E-state index is 13.0. The third-order valence-electron chi connectivity index (χ3n) is 3.58. The third kappa shape index (κ3) is 2.41. The van der Waals surface area contributed by atoms with Crippen LogP contribution < -0.4 is 5.32 Å². The molecule has 1 aromatic rings. The smallest absolute Gasteiger partial charge is 0.214 e. The quantitative estimate of drug-likeness (QED) is 0.819. The number of nitrogens with one attached hydrogen (secondary N) is 1. The lowest BCUT2D eigenvalue weighted by atomic mass is 9.64. The largest absolute Gasteiger partial charge is 0.378 e. The van der Waals surface area contributed by atoms with E-state index in [1.165, 1.54) is 6.07 Å². The molecule has 2 unspecified atom stereocenters. The molecule has 0 radical (unpaired) electrons. The molecule has 1 aliphatic rings. The molecule has 17 heavy (non-hydrogen) atoms. The van der Waals surface area contributed by atoms with Crippen molar-refractivity contribution < 1.29 is 9.13 Å². The van der Waals surface area contributed by atoms with Crippen molar-refractivity contribution in [1.29, 1.82) is 0 Å².